The normalized spacial score (nSPS) is 27.1. The van der Waals surface area contributed by atoms with Crippen LogP contribution in [0.1, 0.15) is 32.1 Å². The first-order valence-corrected chi connectivity index (χ1v) is 12.8. The van der Waals surface area contributed by atoms with Crippen molar-refractivity contribution < 1.29 is 14.3 Å². The number of rotatable bonds is 4. The van der Waals surface area contributed by atoms with E-state index in [2.05, 4.69) is 28.8 Å². The fourth-order valence-corrected chi connectivity index (χ4v) is 9.51. The molecule has 1 spiro atoms. The predicted molar refractivity (Wildman–Crippen MR) is 125 cm³/mol. The van der Waals surface area contributed by atoms with Crippen LogP contribution in [0.25, 0.3) is 10.8 Å². The molecular formula is C24H27NO3S2. The highest BCUT2D eigenvalue weighted by Crippen LogP contribution is 2.64. The maximum Gasteiger partial charge on any atom is 0.309 e. The molecule has 0 radical (unpaired) electrons. The molecule has 2 bridgehead atoms. The molecule has 30 heavy (non-hydrogen) atoms. The zero-order chi connectivity index (χ0) is 20.6. The van der Waals surface area contributed by atoms with Gasteiger partial charge in [0.05, 0.1) is 10.00 Å². The number of fused-ring (bicyclic) bond motifs is 1. The monoisotopic (exact) mass is 441 g/mol. The number of carbonyl (C=O) groups excluding carboxylic acids is 2. The minimum absolute atomic E-state index is 0.0573. The molecule has 1 heterocycles. The Labute approximate surface area is 185 Å². The van der Waals surface area contributed by atoms with Crippen LogP contribution >= 0.6 is 23.5 Å². The molecule has 2 aromatic carbocycles. The predicted octanol–water partition coefficient (Wildman–Crippen LogP) is 5.32. The second kappa shape index (κ2) is 8.46. The van der Waals surface area contributed by atoms with E-state index in [-0.39, 0.29) is 24.4 Å². The van der Waals surface area contributed by atoms with Crippen LogP contribution in [0.4, 0.5) is 5.69 Å². The van der Waals surface area contributed by atoms with Gasteiger partial charge in [-0.25, -0.2) is 0 Å². The van der Waals surface area contributed by atoms with E-state index in [1.54, 1.807) is 0 Å². The standard InChI is InChI=1S/C24H27NO3S2/c26-22(25-21-10-3-6-16-5-1-2-9-20(16)21)15-28-23(27)17-13-18-7-4-8-19(14-17)24(18)29-11-12-30-24/h1-3,5-6,9-10,17-19H,4,7-8,11-15H2,(H,25,26). The number of esters is 1. The number of amides is 1. The zero-order valence-electron chi connectivity index (χ0n) is 17.0. The molecule has 3 fully saturated rings. The molecule has 2 aromatic rings. The van der Waals surface area contributed by atoms with Crippen LogP contribution in [0.5, 0.6) is 0 Å². The highest BCUT2D eigenvalue weighted by Gasteiger charge is 2.55. The molecule has 1 N–H and O–H groups in total. The van der Waals surface area contributed by atoms with Crippen molar-refractivity contribution in [2.75, 3.05) is 23.4 Å². The van der Waals surface area contributed by atoms with Gasteiger partial charge in [-0.05, 0) is 49.0 Å². The van der Waals surface area contributed by atoms with Gasteiger partial charge < -0.3 is 10.1 Å². The lowest BCUT2D eigenvalue weighted by molar-refractivity contribution is -0.154. The number of hydrogen-bond acceptors (Lipinski definition) is 5. The second-order valence-corrected chi connectivity index (χ2v) is 11.6. The molecule has 4 nitrogen and oxygen atoms in total. The van der Waals surface area contributed by atoms with Gasteiger partial charge in [0.1, 0.15) is 0 Å². The first kappa shape index (κ1) is 20.3. The summed E-state index contributed by atoms with van der Waals surface area (Å²) in [7, 11) is 0. The summed E-state index contributed by atoms with van der Waals surface area (Å²) in [6.07, 6.45) is 5.57. The minimum Gasteiger partial charge on any atom is -0.455 e. The van der Waals surface area contributed by atoms with Gasteiger partial charge >= 0.3 is 5.97 Å². The van der Waals surface area contributed by atoms with Crippen molar-refractivity contribution in [3.63, 3.8) is 0 Å². The van der Waals surface area contributed by atoms with Crippen molar-refractivity contribution in [3.05, 3.63) is 42.5 Å². The lowest BCUT2D eigenvalue weighted by atomic mass is 9.67. The van der Waals surface area contributed by atoms with Crippen LogP contribution in [-0.4, -0.2) is 34.1 Å². The molecule has 2 unspecified atom stereocenters. The van der Waals surface area contributed by atoms with Crippen LogP contribution in [0.15, 0.2) is 42.5 Å². The van der Waals surface area contributed by atoms with Crippen molar-refractivity contribution in [1.82, 2.24) is 0 Å². The van der Waals surface area contributed by atoms with E-state index >= 15 is 0 Å². The van der Waals surface area contributed by atoms with E-state index in [4.69, 9.17) is 4.74 Å². The smallest absolute Gasteiger partial charge is 0.309 e. The summed E-state index contributed by atoms with van der Waals surface area (Å²) in [5, 5.41) is 4.95. The van der Waals surface area contributed by atoms with Crippen molar-refractivity contribution in [1.29, 1.82) is 0 Å². The first-order valence-electron chi connectivity index (χ1n) is 10.9. The third kappa shape index (κ3) is 3.73. The lowest BCUT2D eigenvalue weighted by Crippen LogP contribution is -2.48. The van der Waals surface area contributed by atoms with Crippen LogP contribution in [0.2, 0.25) is 0 Å². The quantitative estimate of drug-likeness (QED) is 0.651. The summed E-state index contributed by atoms with van der Waals surface area (Å²) < 4.78 is 5.83. The molecule has 0 aromatic heterocycles. The van der Waals surface area contributed by atoms with Gasteiger partial charge in [0, 0.05) is 22.6 Å². The number of carbonyl (C=O) groups is 2. The molecule has 3 aliphatic rings. The van der Waals surface area contributed by atoms with Gasteiger partial charge in [-0.2, -0.15) is 0 Å². The Kier molecular flexibility index (Phi) is 5.71. The molecule has 1 amide bonds. The number of hydrogen-bond donors (Lipinski definition) is 1. The largest absolute Gasteiger partial charge is 0.455 e. The van der Waals surface area contributed by atoms with Gasteiger partial charge in [0.2, 0.25) is 0 Å². The molecule has 2 aliphatic carbocycles. The molecule has 158 valence electrons. The van der Waals surface area contributed by atoms with E-state index in [0.717, 1.165) is 29.3 Å². The van der Waals surface area contributed by atoms with E-state index in [0.29, 0.717) is 15.9 Å². The molecule has 5 rings (SSSR count). The summed E-state index contributed by atoms with van der Waals surface area (Å²) in [4.78, 5) is 25.2. The Hall–Kier alpha value is -1.66. The third-order valence-corrected chi connectivity index (χ3v) is 10.9. The summed E-state index contributed by atoms with van der Waals surface area (Å²) in [6.45, 7) is -0.220. The Morgan fingerprint density at radius 1 is 1.00 bits per heavy atom. The number of anilines is 1. The van der Waals surface area contributed by atoms with Gasteiger partial charge in [-0.3, -0.25) is 9.59 Å². The maximum absolute atomic E-state index is 12.8. The summed E-state index contributed by atoms with van der Waals surface area (Å²) in [6, 6.07) is 13.7. The fraction of sp³-hybridized carbons (Fsp3) is 0.500. The zero-order valence-corrected chi connectivity index (χ0v) is 18.6. The van der Waals surface area contributed by atoms with E-state index in [9.17, 15) is 9.59 Å². The fourth-order valence-electron chi connectivity index (χ4n) is 5.58. The van der Waals surface area contributed by atoms with Crippen molar-refractivity contribution >= 4 is 51.9 Å². The SMILES string of the molecule is O=C(COC(=O)C1CC2CCCC(C1)C21SCCS1)Nc1cccc2ccccc12. The number of ether oxygens (including phenoxy) is 1. The number of nitrogens with one attached hydrogen (secondary N) is 1. The summed E-state index contributed by atoms with van der Waals surface area (Å²) in [5.74, 6) is 3.14. The van der Waals surface area contributed by atoms with Gasteiger partial charge in [0.25, 0.3) is 5.91 Å². The molecule has 1 aliphatic heterocycles. The molecule has 2 saturated carbocycles. The average molecular weight is 442 g/mol. The van der Waals surface area contributed by atoms with Gasteiger partial charge in [-0.1, -0.05) is 42.8 Å². The molecule has 1 saturated heterocycles. The van der Waals surface area contributed by atoms with E-state index in [1.165, 1.54) is 30.8 Å². The van der Waals surface area contributed by atoms with Crippen molar-refractivity contribution in [3.8, 4) is 0 Å². The maximum atomic E-state index is 12.8. The Bertz CT molecular complexity index is 935. The number of benzene rings is 2. The van der Waals surface area contributed by atoms with Gasteiger partial charge in [0.15, 0.2) is 6.61 Å². The Morgan fingerprint density at radius 3 is 2.47 bits per heavy atom. The Balaban J connectivity index is 1.19. The van der Waals surface area contributed by atoms with Crippen molar-refractivity contribution in [2.45, 2.75) is 36.2 Å². The van der Waals surface area contributed by atoms with E-state index in [1.807, 2.05) is 42.5 Å². The number of thioether (sulfide) groups is 2. The average Bonchev–Trinajstić information content (AvgIpc) is 3.22. The highest BCUT2D eigenvalue weighted by molar-refractivity contribution is 8.21. The van der Waals surface area contributed by atoms with Gasteiger partial charge in [-0.15, -0.1) is 23.5 Å². The van der Waals surface area contributed by atoms with Crippen LogP contribution < -0.4 is 5.32 Å². The van der Waals surface area contributed by atoms with Crippen LogP contribution in [0.3, 0.4) is 0 Å². The van der Waals surface area contributed by atoms with E-state index < -0.39 is 0 Å². The summed E-state index contributed by atoms with van der Waals surface area (Å²) in [5.41, 5.74) is 0.749. The highest BCUT2D eigenvalue weighted by atomic mass is 32.2. The lowest BCUT2D eigenvalue weighted by Gasteiger charge is -2.51. The van der Waals surface area contributed by atoms with Crippen molar-refractivity contribution in [2.24, 2.45) is 17.8 Å². The third-order valence-electron chi connectivity index (χ3n) is 6.86. The molecule has 2 atom stereocenters. The minimum atomic E-state index is -0.283. The molecule has 6 heteroatoms. The summed E-state index contributed by atoms with van der Waals surface area (Å²) >= 11 is 4.28. The first-order chi connectivity index (χ1) is 14.7. The molecular weight excluding hydrogens is 414 g/mol. The van der Waals surface area contributed by atoms with Crippen LogP contribution in [0, 0.1) is 17.8 Å². The van der Waals surface area contributed by atoms with Crippen LogP contribution in [-0.2, 0) is 14.3 Å². The second-order valence-electron chi connectivity index (χ2n) is 8.59. The Morgan fingerprint density at radius 2 is 1.70 bits per heavy atom. The topological polar surface area (TPSA) is 55.4 Å².